The molecule has 2 aromatic carbocycles. The minimum Gasteiger partial charge on any atom is -0.353 e. The van der Waals surface area contributed by atoms with Crippen LogP contribution in [0.25, 0.3) is 22.0 Å². The van der Waals surface area contributed by atoms with Crippen molar-refractivity contribution >= 4 is 28.3 Å². The maximum absolute atomic E-state index is 6.59. The van der Waals surface area contributed by atoms with Gasteiger partial charge in [-0.25, -0.2) is 4.98 Å². The van der Waals surface area contributed by atoms with E-state index in [-0.39, 0.29) is 0 Å². The second-order valence-electron chi connectivity index (χ2n) is 6.99. The van der Waals surface area contributed by atoms with Crippen molar-refractivity contribution in [3.05, 3.63) is 58.6 Å². The van der Waals surface area contributed by atoms with E-state index in [0.717, 1.165) is 61.0 Å². The van der Waals surface area contributed by atoms with Gasteiger partial charge in [-0.3, -0.25) is 0 Å². The number of hydrogen-bond donors (Lipinski definition) is 2. The summed E-state index contributed by atoms with van der Waals surface area (Å²) < 4.78 is 0. The maximum Gasteiger partial charge on any atom is 0.148 e. The maximum atomic E-state index is 6.59. The molecule has 1 fully saturated rings. The molecule has 0 spiro atoms. The van der Waals surface area contributed by atoms with Crippen molar-refractivity contribution in [2.45, 2.75) is 13.1 Å². The predicted octanol–water partition coefficient (Wildman–Crippen LogP) is 3.57. The number of rotatable bonds is 2. The highest BCUT2D eigenvalue weighted by Crippen LogP contribution is 2.33. The van der Waals surface area contributed by atoms with Crippen molar-refractivity contribution in [2.24, 2.45) is 0 Å². The molecule has 5 heteroatoms. The van der Waals surface area contributed by atoms with Gasteiger partial charge in [-0.15, -0.1) is 0 Å². The first kappa shape index (κ1) is 16.1. The molecule has 1 aromatic heterocycles. The molecule has 2 aliphatic heterocycles. The van der Waals surface area contributed by atoms with E-state index >= 15 is 0 Å². The van der Waals surface area contributed by atoms with Crippen LogP contribution < -0.4 is 15.5 Å². The third-order valence-corrected chi connectivity index (χ3v) is 5.65. The lowest BCUT2D eigenvalue weighted by Crippen LogP contribution is -2.44. The molecule has 2 N–H and O–H groups in total. The lowest BCUT2D eigenvalue weighted by atomic mass is 9.96. The number of fused-ring (bicyclic) bond motifs is 2. The van der Waals surface area contributed by atoms with Crippen LogP contribution in [-0.4, -0.2) is 31.2 Å². The van der Waals surface area contributed by atoms with E-state index in [1.165, 1.54) is 22.3 Å². The van der Waals surface area contributed by atoms with Gasteiger partial charge < -0.3 is 15.5 Å². The quantitative estimate of drug-likeness (QED) is 0.729. The van der Waals surface area contributed by atoms with Crippen LogP contribution in [0.2, 0.25) is 5.02 Å². The highest BCUT2D eigenvalue weighted by atomic mass is 35.5. The van der Waals surface area contributed by atoms with Crippen molar-refractivity contribution in [1.82, 2.24) is 15.6 Å². The Morgan fingerprint density at radius 3 is 2.73 bits per heavy atom. The van der Waals surface area contributed by atoms with Gasteiger partial charge >= 0.3 is 0 Å². The highest BCUT2D eigenvalue weighted by molar-refractivity contribution is 6.33. The molecule has 0 saturated carbocycles. The Labute approximate surface area is 158 Å². The van der Waals surface area contributed by atoms with Crippen molar-refractivity contribution in [3.63, 3.8) is 0 Å². The van der Waals surface area contributed by atoms with Crippen LogP contribution in [0.15, 0.2) is 42.5 Å². The Bertz CT molecular complexity index is 979. The van der Waals surface area contributed by atoms with E-state index in [0.29, 0.717) is 0 Å². The van der Waals surface area contributed by atoms with Crippen LogP contribution in [0.3, 0.4) is 0 Å². The third-order valence-electron chi connectivity index (χ3n) is 5.37. The topological polar surface area (TPSA) is 40.2 Å². The van der Waals surface area contributed by atoms with Crippen LogP contribution in [0.4, 0.5) is 5.82 Å². The summed E-state index contributed by atoms with van der Waals surface area (Å²) >= 11 is 6.59. The van der Waals surface area contributed by atoms with Gasteiger partial charge in [0.15, 0.2) is 0 Å². The molecule has 0 atom stereocenters. The van der Waals surface area contributed by atoms with E-state index in [1.807, 2.05) is 0 Å². The number of piperazine rings is 1. The van der Waals surface area contributed by atoms with E-state index in [2.05, 4.69) is 58.0 Å². The van der Waals surface area contributed by atoms with Gasteiger partial charge in [0.25, 0.3) is 0 Å². The molecule has 2 aliphatic rings. The van der Waals surface area contributed by atoms with E-state index in [1.54, 1.807) is 0 Å². The average Bonchev–Trinajstić information content (AvgIpc) is 3.16. The number of aromatic nitrogens is 1. The Morgan fingerprint density at radius 1 is 0.962 bits per heavy atom. The van der Waals surface area contributed by atoms with Gasteiger partial charge in [0.1, 0.15) is 5.82 Å². The van der Waals surface area contributed by atoms with Crippen molar-refractivity contribution in [3.8, 4) is 11.1 Å². The SMILES string of the molecule is Clc1cc2cc(-c3cccc4c3CNC4)ccc2nc1N1CCNCC1. The zero-order valence-electron chi connectivity index (χ0n) is 14.6. The van der Waals surface area contributed by atoms with Crippen LogP contribution in [0.1, 0.15) is 11.1 Å². The molecular weight excluding hydrogens is 344 g/mol. The zero-order chi connectivity index (χ0) is 17.5. The number of nitrogens with one attached hydrogen (secondary N) is 2. The lowest BCUT2D eigenvalue weighted by molar-refractivity contribution is 0.585. The number of nitrogens with zero attached hydrogens (tertiary/aromatic N) is 2. The fourth-order valence-electron chi connectivity index (χ4n) is 4.01. The van der Waals surface area contributed by atoms with Gasteiger partial charge in [0.05, 0.1) is 10.5 Å². The Balaban J connectivity index is 1.57. The number of pyridine rings is 1. The molecule has 0 radical (unpaired) electrons. The molecule has 0 unspecified atom stereocenters. The van der Waals surface area contributed by atoms with Crippen molar-refractivity contribution < 1.29 is 0 Å². The van der Waals surface area contributed by atoms with Crippen molar-refractivity contribution in [1.29, 1.82) is 0 Å². The summed E-state index contributed by atoms with van der Waals surface area (Å²) in [6, 6.07) is 15.1. The van der Waals surface area contributed by atoms with Gasteiger partial charge in [0, 0.05) is 44.7 Å². The van der Waals surface area contributed by atoms with Crippen LogP contribution in [-0.2, 0) is 13.1 Å². The molecule has 26 heavy (non-hydrogen) atoms. The minimum absolute atomic E-state index is 0.733. The van der Waals surface area contributed by atoms with Gasteiger partial charge in [-0.05, 0) is 40.5 Å². The normalized spacial score (nSPS) is 16.9. The molecule has 3 heterocycles. The summed E-state index contributed by atoms with van der Waals surface area (Å²) in [4.78, 5) is 7.13. The average molecular weight is 365 g/mol. The van der Waals surface area contributed by atoms with E-state index < -0.39 is 0 Å². The summed E-state index contributed by atoms with van der Waals surface area (Å²) in [5, 5.41) is 8.64. The zero-order valence-corrected chi connectivity index (χ0v) is 15.3. The second-order valence-corrected chi connectivity index (χ2v) is 7.39. The van der Waals surface area contributed by atoms with Crippen molar-refractivity contribution in [2.75, 3.05) is 31.1 Å². The largest absolute Gasteiger partial charge is 0.353 e. The molecule has 4 nitrogen and oxygen atoms in total. The summed E-state index contributed by atoms with van der Waals surface area (Å²) in [7, 11) is 0. The van der Waals surface area contributed by atoms with Crippen LogP contribution in [0.5, 0.6) is 0 Å². The Morgan fingerprint density at radius 2 is 1.85 bits per heavy atom. The minimum atomic E-state index is 0.733. The molecule has 0 aliphatic carbocycles. The Hall–Kier alpha value is -2.14. The first-order valence-electron chi connectivity index (χ1n) is 9.17. The first-order chi connectivity index (χ1) is 12.8. The van der Waals surface area contributed by atoms with Crippen LogP contribution >= 0.6 is 11.6 Å². The van der Waals surface area contributed by atoms with Gasteiger partial charge in [-0.1, -0.05) is 35.9 Å². The summed E-state index contributed by atoms with van der Waals surface area (Å²) in [6.45, 7) is 5.73. The second kappa shape index (κ2) is 6.54. The summed E-state index contributed by atoms with van der Waals surface area (Å²) in [5.74, 6) is 0.901. The molecule has 132 valence electrons. The molecule has 5 rings (SSSR count). The summed E-state index contributed by atoms with van der Waals surface area (Å²) in [5.41, 5.74) is 6.33. The fraction of sp³-hybridized carbons (Fsp3) is 0.286. The molecule has 3 aromatic rings. The standard InChI is InChI=1S/C21H21ClN4/c22-19-11-16-10-14(17-3-1-2-15-12-24-13-18(15)17)4-5-20(16)25-21(19)26-8-6-23-7-9-26/h1-5,10-11,23-24H,6-9,12-13H2. The highest BCUT2D eigenvalue weighted by Gasteiger charge is 2.18. The van der Waals surface area contributed by atoms with E-state index in [4.69, 9.17) is 16.6 Å². The molecule has 0 amide bonds. The third kappa shape index (κ3) is 2.75. The molecule has 0 bridgehead atoms. The van der Waals surface area contributed by atoms with Gasteiger partial charge in [0.2, 0.25) is 0 Å². The number of hydrogen-bond acceptors (Lipinski definition) is 4. The van der Waals surface area contributed by atoms with Gasteiger partial charge in [-0.2, -0.15) is 0 Å². The summed E-state index contributed by atoms with van der Waals surface area (Å²) in [6.07, 6.45) is 0. The van der Waals surface area contributed by atoms with E-state index in [9.17, 15) is 0 Å². The monoisotopic (exact) mass is 364 g/mol. The fourth-order valence-corrected chi connectivity index (χ4v) is 4.29. The first-order valence-corrected chi connectivity index (χ1v) is 9.55. The Kier molecular flexibility index (Phi) is 4.04. The molecule has 1 saturated heterocycles. The number of halogens is 1. The molecular formula is C21H21ClN4. The number of anilines is 1. The smallest absolute Gasteiger partial charge is 0.148 e. The predicted molar refractivity (Wildman–Crippen MR) is 108 cm³/mol. The van der Waals surface area contributed by atoms with Crippen LogP contribution in [0, 0.1) is 0 Å². The number of benzene rings is 2. The lowest BCUT2D eigenvalue weighted by Gasteiger charge is -2.29.